The summed E-state index contributed by atoms with van der Waals surface area (Å²) in [6, 6.07) is 7.53. The molecule has 2 heterocycles. The Kier molecular flexibility index (Phi) is 2.41. The summed E-state index contributed by atoms with van der Waals surface area (Å²) in [6.45, 7) is 3.59. The van der Waals surface area contributed by atoms with Crippen LogP contribution in [0, 0.1) is 13.8 Å². The van der Waals surface area contributed by atoms with Crippen molar-refractivity contribution in [2.75, 3.05) is 5.73 Å². The van der Waals surface area contributed by atoms with Crippen molar-refractivity contribution in [2.45, 2.75) is 13.8 Å². The quantitative estimate of drug-likeness (QED) is 0.699. The molecule has 5 nitrogen and oxygen atoms in total. The van der Waals surface area contributed by atoms with Crippen LogP contribution in [0.4, 0.5) is 5.69 Å². The molecule has 0 aliphatic carbocycles. The van der Waals surface area contributed by atoms with Crippen LogP contribution in [0.5, 0.6) is 0 Å². The van der Waals surface area contributed by atoms with Crippen LogP contribution in [0.15, 0.2) is 30.5 Å². The lowest BCUT2D eigenvalue weighted by atomic mass is 10.1. The third-order valence-electron chi connectivity index (χ3n) is 3.36. The first-order valence-corrected chi connectivity index (χ1v) is 6.02. The molecule has 0 saturated carbocycles. The molecule has 19 heavy (non-hydrogen) atoms. The maximum atomic E-state index is 12.6. The van der Waals surface area contributed by atoms with Crippen molar-refractivity contribution in [1.82, 2.24) is 14.8 Å². The number of hydrogen-bond acceptors (Lipinski definition) is 3. The van der Waals surface area contributed by atoms with E-state index in [-0.39, 0.29) is 5.91 Å². The second-order valence-electron chi connectivity index (χ2n) is 4.55. The van der Waals surface area contributed by atoms with Crippen LogP contribution < -0.4 is 5.73 Å². The van der Waals surface area contributed by atoms with E-state index in [2.05, 4.69) is 10.1 Å². The number of nitrogen functional groups attached to an aromatic ring is 1. The standard InChI is InChI=1S/C14H14N4O/c1-8-12(15)9(2)18(17-8)14(19)11-5-3-4-10-6-7-16-13(10)11/h3-7,16H,15H2,1-2H3. The highest BCUT2D eigenvalue weighted by atomic mass is 16.2. The normalized spacial score (nSPS) is 11.1. The molecule has 0 radical (unpaired) electrons. The van der Waals surface area contributed by atoms with Gasteiger partial charge in [0.05, 0.1) is 28.2 Å². The summed E-state index contributed by atoms with van der Waals surface area (Å²) < 4.78 is 1.36. The first-order chi connectivity index (χ1) is 9.09. The van der Waals surface area contributed by atoms with E-state index < -0.39 is 0 Å². The van der Waals surface area contributed by atoms with Gasteiger partial charge in [-0.2, -0.15) is 9.78 Å². The Bertz CT molecular complexity index is 782. The fourth-order valence-electron chi connectivity index (χ4n) is 2.23. The molecule has 0 fully saturated rings. The molecule has 0 aliphatic rings. The topological polar surface area (TPSA) is 76.7 Å². The van der Waals surface area contributed by atoms with Crippen LogP contribution in [0.3, 0.4) is 0 Å². The number of aromatic amines is 1. The minimum atomic E-state index is -0.176. The number of aromatic nitrogens is 3. The highest BCUT2D eigenvalue weighted by Crippen LogP contribution is 2.21. The molecule has 3 rings (SSSR count). The third-order valence-corrected chi connectivity index (χ3v) is 3.36. The summed E-state index contributed by atoms with van der Waals surface area (Å²) in [5.74, 6) is -0.176. The van der Waals surface area contributed by atoms with Gasteiger partial charge in [0.2, 0.25) is 0 Å². The molecule has 5 heteroatoms. The zero-order chi connectivity index (χ0) is 13.6. The molecule has 0 amide bonds. The average molecular weight is 254 g/mol. The summed E-state index contributed by atoms with van der Waals surface area (Å²) in [5, 5.41) is 5.21. The second-order valence-corrected chi connectivity index (χ2v) is 4.55. The predicted molar refractivity (Wildman–Crippen MR) is 74.1 cm³/mol. The summed E-state index contributed by atoms with van der Waals surface area (Å²) >= 11 is 0. The minimum Gasteiger partial charge on any atom is -0.396 e. The van der Waals surface area contributed by atoms with Crippen LogP contribution >= 0.6 is 0 Å². The zero-order valence-electron chi connectivity index (χ0n) is 10.8. The van der Waals surface area contributed by atoms with Crippen molar-refractivity contribution in [2.24, 2.45) is 0 Å². The smallest absolute Gasteiger partial charge is 0.280 e. The van der Waals surface area contributed by atoms with Crippen LogP contribution in [0.2, 0.25) is 0 Å². The van der Waals surface area contributed by atoms with Crippen molar-refractivity contribution in [1.29, 1.82) is 0 Å². The number of carbonyl (C=O) groups excluding carboxylic acids is 1. The molecular weight excluding hydrogens is 240 g/mol. The summed E-state index contributed by atoms with van der Waals surface area (Å²) in [4.78, 5) is 15.7. The number of fused-ring (bicyclic) bond motifs is 1. The molecule has 0 bridgehead atoms. The molecule has 0 saturated heterocycles. The first kappa shape index (κ1) is 11.5. The van der Waals surface area contributed by atoms with Gasteiger partial charge >= 0.3 is 0 Å². The summed E-state index contributed by atoms with van der Waals surface area (Å²) in [7, 11) is 0. The van der Waals surface area contributed by atoms with Gasteiger partial charge in [0.25, 0.3) is 5.91 Å². The van der Waals surface area contributed by atoms with Gasteiger partial charge in [0.1, 0.15) is 0 Å². The van der Waals surface area contributed by atoms with E-state index in [1.54, 1.807) is 19.9 Å². The number of aryl methyl sites for hydroxylation is 1. The number of para-hydroxylation sites is 1. The third kappa shape index (κ3) is 1.62. The number of nitrogens with two attached hydrogens (primary N) is 1. The molecule has 0 aliphatic heterocycles. The van der Waals surface area contributed by atoms with Gasteiger partial charge in [-0.25, -0.2) is 0 Å². The fraction of sp³-hybridized carbons (Fsp3) is 0.143. The van der Waals surface area contributed by atoms with Crippen molar-refractivity contribution in [3.05, 3.63) is 47.4 Å². The van der Waals surface area contributed by atoms with E-state index in [4.69, 9.17) is 5.73 Å². The Morgan fingerprint density at radius 2 is 2.11 bits per heavy atom. The molecule has 0 spiro atoms. The Morgan fingerprint density at radius 3 is 2.79 bits per heavy atom. The SMILES string of the molecule is Cc1nn(C(=O)c2cccc3cc[nH]c23)c(C)c1N. The Labute approximate surface area is 110 Å². The largest absolute Gasteiger partial charge is 0.396 e. The van der Waals surface area contributed by atoms with Crippen LogP contribution in [-0.4, -0.2) is 20.7 Å². The molecule has 1 aromatic carbocycles. The molecule has 2 aromatic heterocycles. The highest BCUT2D eigenvalue weighted by Gasteiger charge is 2.18. The van der Waals surface area contributed by atoms with Gasteiger partial charge in [-0.3, -0.25) is 4.79 Å². The lowest BCUT2D eigenvalue weighted by molar-refractivity contribution is 0.0944. The van der Waals surface area contributed by atoms with Crippen molar-refractivity contribution in [3.63, 3.8) is 0 Å². The van der Waals surface area contributed by atoms with Gasteiger partial charge in [-0.15, -0.1) is 0 Å². The molecule has 0 atom stereocenters. The van der Waals surface area contributed by atoms with Gasteiger partial charge in [0.15, 0.2) is 0 Å². The Morgan fingerprint density at radius 1 is 1.32 bits per heavy atom. The van der Waals surface area contributed by atoms with E-state index in [1.165, 1.54) is 4.68 Å². The second kappa shape index (κ2) is 3.98. The predicted octanol–water partition coefficient (Wildman–Crippen LogP) is 2.25. The van der Waals surface area contributed by atoms with E-state index in [9.17, 15) is 4.79 Å². The van der Waals surface area contributed by atoms with E-state index in [0.717, 1.165) is 10.9 Å². The average Bonchev–Trinajstić information content (AvgIpc) is 2.98. The Hall–Kier alpha value is -2.56. The summed E-state index contributed by atoms with van der Waals surface area (Å²) in [6.07, 6.45) is 1.82. The maximum Gasteiger partial charge on any atom is 0.280 e. The van der Waals surface area contributed by atoms with E-state index in [1.807, 2.05) is 24.4 Å². The van der Waals surface area contributed by atoms with Gasteiger partial charge < -0.3 is 10.7 Å². The zero-order valence-corrected chi connectivity index (χ0v) is 10.8. The number of nitrogens with zero attached hydrogens (tertiary/aromatic N) is 2. The number of carbonyl (C=O) groups is 1. The number of hydrogen-bond donors (Lipinski definition) is 2. The lowest BCUT2D eigenvalue weighted by Gasteiger charge is -2.04. The first-order valence-electron chi connectivity index (χ1n) is 6.02. The van der Waals surface area contributed by atoms with Gasteiger partial charge in [0, 0.05) is 11.6 Å². The number of anilines is 1. The molecular formula is C14H14N4O. The number of H-pyrrole nitrogens is 1. The molecule has 0 unspecified atom stereocenters. The van der Waals surface area contributed by atoms with E-state index >= 15 is 0 Å². The fourth-order valence-corrected chi connectivity index (χ4v) is 2.23. The van der Waals surface area contributed by atoms with Crippen molar-refractivity contribution < 1.29 is 4.79 Å². The Balaban J connectivity index is 2.19. The maximum absolute atomic E-state index is 12.6. The minimum absolute atomic E-state index is 0.176. The van der Waals surface area contributed by atoms with Crippen LogP contribution in [-0.2, 0) is 0 Å². The van der Waals surface area contributed by atoms with Crippen molar-refractivity contribution in [3.8, 4) is 0 Å². The highest BCUT2D eigenvalue weighted by molar-refractivity contribution is 6.06. The van der Waals surface area contributed by atoms with Crippen molar-refractivity contribution >= 4 is 22.5 Å². The van der Waals surface area contributed by atoms with Gasteiger partial charge in [-0.05, 0) is 26.0 Å². The molecule has 3 N–H and O–H groups in total. The van der Waals surface area contributed by atoms with Crippen LogP contribution in [0.1, 0.15) is 21.7 Å². The molecule has 3 aromatic rings. The summed E-state index contributed by atoms with van der Waals surface area (Å²) in [5.41, 5.74) is 9.18. The van der Waals surface area contributed by atoms with E-state index in [0.29, 0.717) is 22.6 Å². The number of benzene rings is 1. The van der Waals surface area contributed by atoms with Gasteiger partial charge in [-0.1, -0.05) is 12.1 Å². The monoisotopic (exact) mass is 254 g/mol. The van der Waals surface area contributed by atoms with Crippen LogP contribution in [0.25, 0.3) is 10.9 Å². The number of rotatable bonds is 1. The molecule has 96 valence electrons. The number of nitrogens with one attached hydrogen (secondary N) is 1. The lowest BCUT2D eigenvalue weighted by Crippen LogP contribution is -2.16.